The van der Waals surface area contributed by atoms with E-state index in [0.717, 1.165) is 0 Å². The van der Waals surface area contributed by atoms with Gasteiger partial charge >= 0.3 is 0 Å². The Morgan fingerprint density at radius 1 is 1.33 bits per heavy atom. The molecule has 2 aromatic rings. The van der Waals surface area contributed by atoms with Gasteiger partial charge in [-0.2, -0.15) is 0 Å². The van der Waals surface area contributed by atoms with Crippen LogP contribution < -0.4 is 15.0 Å². The first kappa shape index (κ1) is 16.0. The Hall–Kier alpha value is -2.86. The molecule has 1 N–H and O–H groups in total. The number of aromatic nitrogens is 1. The highest BCUT2D eigenvalue weighted by Crippen LogP contribution is 2.31. The Balaban J connectivity index is 1.85. The van der Waals surface area contributed by atoms with Gasteiger partial charge in [0.25, 0.3) is 11.8 Å². The molecule has 2 heterocycles. The van der Waals surface area contributed by atoms with Crippen LogP contribution in [0.5, 0.6) is 5.75 Å². The summed E-state index contributed by atoms with van der Waals surface area (Å²) in [5.74, 6) is 0.635. The van der Waals surface area contributed by atoms with Crippen LogP contribution in [0.1, 0.15) is 10.4 Å². The van der Waals surface area contributed by atoms with Gasteiger partial charge in [0, 0.05) is 17.1 Å². The first-order valence-corrected chi connectivity index (χ1v) is 7.58. The second kappa shape index (κ2) is 6.72. The van der Waals surface area contributed by atoms with E-state index < -0.39 is 0 Å². The number of nitrogens with zero attached hydrogens (tertiary/aromatic N) is 2. The molecule has 122 valence electrons. The lowest BCUT2D eigenvalue weighted by Crippen LogP contribution is -2.39. The minimum Gasteiger partial charge on any atom is -0.480 e. The standard InChI is InChI=1S/C17H14ClN3O3/c1-2-9-21-15(22)10-24-13-7-8-14(19-16(13)21)20-17(23)11-3-5-12(18)6-4-11/h2-8H,1,9-10H2,(H,19,20,23). The van der Waals surface area contributed by atoms with Crippen LogP contribution in [0.4, 0.5) is 11.6 Å². The minimum absolute atomic E-state index is 0.0427. The van der Waals surface area contributed by atoms with Crippen LogP contribution in [-0.4, -0.2) is 29.9 Å². The van der Waals surface area contributed by atoms with Crippen molar-refractivity contribution in [3.05, 3.63) is 59.6 Å². The SMILES string of the molecule is C=CCN1C(=O)COc2ccc(NC(=O)c3ccc(Cl)cc3)nc21. The van der Waals surface area contributed by atoms with Crippen molar-refractivity contribution in [2.75, 3.05) is 23.4 Å². The highest BCUT2D eigenvalue weighted by molar-refractivity contribution is 6.30. The Bertz CT molecular complexity index is 805. The first-order chi connectivity index (χ1) is 11.6. The zero-order valence-corrected chi connectivity index (χ0v) is 13.4. The van der Waals surface area contributed by atoms with E-state index >= 15 is 0 Å². The lowest BCUT2D eigenvalue weighted by molar-refractivity contribution is -0.121. The molecule has 0 saturated heterocycles. The van der Waals surface area contributed by atoms with Crippen molar-refractivity contribution in [1.29, 1.82) is 0 Å². The summed E-state index contributed by atoms with van der Waals surface area (Å²) in [6, 6.07) is 9.79. The second-order valence-electron chi connectivity index (χ2n) is 5.06. The van der Waals surface area contributed by atoms with Crippen LogP contribution in [0.25, 0.3) is 0 Å². The van der Waals surface area contributed by atoms with E-state index in [2.05, 4.69) is 16.9 Å². The predicted octanol–water partition coefficient (Wildman–Crippen LogP) is 2.90. The molecule has 2 amide bonds. The molecule has 1 aromatic heterocycles. The average Bonchev–Trinajstić information content (AvgIpc) is 2.58. The van der Waals surface area contributed by atoms with Gasteiger partial charge in [-0.05, 0) is 36.4 Å². The van der Waals surface area contributed by atoms with Crippen LogP contribution in [0.3, 0.4) is 0 Å². The van der Waals surface area contributed by atoms with E-state index in [1.54, 1.807) is 42.5 Å². The van der Waals surface area contributed by atoms with E-state index in [4.69, 9.17) is 16.3 Å². The molecule has 0 spiro atoms. The molecule has 1 aromatic carbocycles. The smallest absolute Gasteiger partial charge is 0.266 e. The lowest BCUT2D eigenvalue weighted by atomic mass is 10.2. The quantitative estimate of drug-likeness (QED) is 0.866. The zero-order chi connectivity index (χ0) is 17.1. The monoisotopic (exact) mass is 343 g/mol. The fourth-order valence-electron chi connectivity index (χ4n) is 2.25. The highest BCUT2D eigenvalue weighted by atomic mass is 35.5. The van der Waals surface area contributed by atoms with Crippen molar-refractivity contribution in [2.45, 2.75) is 0 Å². The van der Waals surface area contributed by atoms with Gasteiger partial charge in [-0.25, -0.2) is 4.98 Å². The number of rotatable bonds is 4. The van der Waals surface area contributed by atoms with Gasteiger partial charge < -0.3 is 10.1 Å². The van der Waals surface area contributed by atoms with Gasteiger partial charge in [0.05, 0.1) is 0 Å². The summed E-state index contributed by atoms with van der Waals surface area (Å²) in [7, 11) is 0. The van der Waals surface area contributed by atoms with E-state index in [0.29, 0.717) is 34.5 Å². The van der Waals surface area contributed by atoms with Gasteiger partial charge in [0.1, 0.15) is 5.82 Å². The molecule has 0 saturated carbocycles. The number of halogens is 1. The summed E-state index contributed by atoms with van der Waals surface area (Å²) in [4.78, 5) is 30.0. The van der Waals surface area contributed by atoms with Crippen LogP contribution in [0.15, 0.2) is 49.1 Å². The zero-order valence-electron chi connectivity index (χ0n) is 12.7. The van der Waals surface area contributed by atoms with Crippen LogP contribution in [0, 0.1) is 0 Å². The summed E-state index contributed by atoms with van der Waals surface area (Å²) in [6.07, 6.45) is 1.60. The van der Waals surface area contributed by atoms with Gasteiger partial charge in [-0.3, -0.25) is 14.5 Å². The number of amides is 2. The summed E-state index contributed by atoms with van der Waals surface area (Å²) in [6.45, 7) is 3.91. The maximum Gasteiger partial charge on any atom is 0.266 e. The maximum absolute atomic E-state index is 12.2. The minimum atomic E-state index is -0.322. The summed E-state index contributed by atoms with van der Waals surface area (Å²) in [5.41, 5.74) is 0.453. The molecule has 0 atom stereocenters. The van der Waals surface area contributed by atoms with Crippen molar-refractivity contribution in [3.63, 3.8) is 0 Å². The van der Waals surface area contributed by atoms with Gasteiger partial charge in [-0.15, -0.1) is 6.58 Å². The fourth-order valence-corrected chi connectivity index (χ4v) is 2.38. The van der Waals surface area contributed by atoms with Crippen LogP contribution in [0.2, 0.25) is 5.02 Å². The highest BCUT2D eigenvalue weighted by Gasteiger charge is 2.26. The van der Waals surface area contributed by atoms with Gasteiger partial charge in [0.2, 0.25) is 0 Å². The molecule has 0 unspecified atom stereocenters. The second-order valence-corrected chi connectivity index (χ2v) is 5.50. The third kappa shape index (κ3) is 3.23. The number of carbonyl (C=O) groups excluding carboxylic acids is 2. The normalized spacial score (nSPS) is 13.0. The maximum atomic E-state index is 12.2. The summed E-state index contributed by atoms with van der Waals surface area (Å²) < 4.78 is 5.35. The molecule has 3 rings (SSSR count). The lowest BCUT2D eigenvalue weighted by Gasteiger charge is -2.27. The molecule has 1 aliphatic rings. The number of hydrogen-bond donors (Lipinski definition) is 1. The Kier molecular flexibility index (Phi) is 4.48. The van der Waals surface area contributed by atoms with Crippen molar-refractivity contribution < 1.29 is 14.3 Å². The van der Waals surface area contributed by atoms with Crippen LogP contribution >= 0.6 is 11.6 Å². The molecule has 0 bridgehead atoms. The molecule has 6 nitrogen and oxygen atoms in total. The number of fused-ring (bicyclic) bond motifs is 1. The Morgan fingerprint density at radius 3 is 2.79 bits per heavy atom. The molecule has 0 aliphatic carbocycles. The molecule has 0 fully saturated rings. The fraction of sp³-hybridized carbons (Fsp3) is 0.118. The van der Waals surface area contributed by atoms with E-state index in [1.807, 2.05) is 0 Å². The number of carbonyl (C=O) groups is 2. The summed E-state index contributed by atoms with van der Waals surface area (Å²) >= 11 is 5.81. The van der Waals surface area contributed by atoms with E-state index in [9.17, 15) is 9.59 Å². The van der Waals surface area contributed by atoms with Crippen LogP contribution in [-0.2, 0) is 4.79 Å². The van der Waals surface area contributed by atoms with Crippen molar-refractivity contribution >= 4 is 35.1 Å². The average molecular weight is 344 g/mol. The van der Waals surface area contributed by atoms with Crippen molar-refractivity contribution in [1.82, 2.24) is 4.98 Å². The number of pyridine rings is 1. The van der Waals surface area contributed by atoms with Crippen molar-refractivity contribution in [2.24, 2.45) is 0 Å². The molecule has 24 heavy (non-hydrogen) atoms. The number of nitrogens with one attached hydrogen (secondary N) is 1. The Morgan fingerprint density at radius 2 is 2.08 bits per heavy atom. The largest absolute Gasteiger partial charge is 0.480 e. The van der Waals surface area contributed by atoms with Crippen molar-refractivity contribution in [3.8, 4) is 5.75 Å². The van der Waals surface area contributed by atoms with E-state index in [1.165, 1.54) is 4.90 Å². The first-order valence-electron chi connectivity index (χ1n) is 7.20. The third-order valence-corrected chi connectivity index (χ3v) is 3.66. The predicted molar refractivity (Wildman–Crippen MR) is 91.7 cm³/mol. The molecular formula is C17H14ClN3O3. The van der Waals surface area contributed by atoms with E-state index in [-0.39, 0.29) is 18.4 Å². The molecule has 1 aliphatic heterocycles. The molecule has 0 radical (unpaired) electrons. The summed E-state index contributed by atoms with van der Waals surface area (Å²) in [5, 5.41) is 3.24. The number of anilines is 2. The Labute approximate surface area is 143 Å². The number of ether oxygens (including phenoxy) is 1. The number of benzene rings is 1. The molecular weight excluding hydrogens is 330 g/mol. The van der Waals surface area contributed by atoms with Gasteiger partial charge in [0.15, 0.2) is 18.2 Å². The van der Waals surface area contributed by atoms with Gasteiger partial charge in [-0.1, -0.05) is 17.7 Å². The third-order valence-electron chi connectivity index (χ3n) is 3.41. The molecule has 7 heteroatoms. The topological polar surface area (TPSA) is 71.5 Å². The number of hydrogen-bond acceptors (Lipinski definition) is 4.